The molecule has 5 heteroatoms. The predicted octanol–water partition coefficient (Wildman–Crippen LogP) is 3.30. The number of phenolic OH excluding ortho intramolecular Hbond substituents is 1. The second-order valence-corrected chi connectivity index (χ2v) is 5.28. The van der Waals surface area contributed by atoms with Crippen LogP contribution in [0.15, 0.2) is 53.5 Å². The minimum absolute atomic E-state index is 0.269. The van der Waals surface area contributed by atoms with Crippen LogP contribution < -0.4 is 10.6 Å². The van der Waals surface area contributed by atoms with E-state index in [1.807, 2.05) is 43.3 Å². The molecule has 0 aliphatic heterocycles. The van der Waals surface area contributed by atoms with Gasteiger partial charge in [-0.25, -0.2) is 4.99 Å². The van der Waals surface area contributed by atoms with Crippen LogP contribution >= 0.6 is 11.6 Å². The number of hydrogen-bond acceptors (Lipinski definition) is 2. The SMILES string of the molecule is CCNC(=NCc1cccc(Cl)c1)NCc1ccc(O)cc1. The molecule has 2 rings (SSSR count). The van der Waals surface area contributed by atoms with Crippen molar-refractivity contribution < 1.29 is 5.11 Å². The Morgan fingerprint density at radius 2 is 1.86 bits per heavy atom. The fourth-order valence-electron chi connectivity index (χ4n) is 1.95. The molecule has 0 radical (unpaired) electrons. The molecule has 0 saturated heterocycles. The highest BCUT2D eigenvalue weighted by molar-refractivity contribution is 6.30. The molecule has 0 atom stereocenters. The number of hydrogen-bond donors (Lipinski definition) is 3. The summed E-state index contributed by atoms with van der Waals surface area (Å²) in [5, 5.41) is 16.5. The number of benzene rings is 2. The molecular formula is C17H20ClN3O. The van der Waals surface area contributed by atoms with Crippen LogP contribution in [0.2, 0.25) is 5.02 Å². The first-order valence-corrected chi connectivity index (χ1v) is 7.59. The Morgan fingerprint density at radius 1 is 1.09 bits per heavy atom. The van der Waals surface area contributed by atoms with Gasteiger partial charge in [-0.3, -0.25) is 0 Å². The summed E-state index contributed by atoms with van der Waals surface area (Å²) >= 11 is 5.98. The molecule has 22 heavy (non-hydrogen) atoms. The summed E-state index contributed by atoms with van der Waals surface area (Å²) < 4.78 is 0. The van der Waals surface area contributed by atoms with Gasteiger partial charge < -0.3 is 15.7 Å². The standard InChI is InChI=1S/C17H20ClN3O/c1-2-19-17(20-11-13-6-8-16(22)9-7-13)21-12-14-4-3-5-15(18)10-14/h3-10,22H,2,11-12H2,1H3,(H2,19,20,21). The van der Waals surface area contributed by atoms with Gasteiger partial charge in [-0.2, -0.15) is 0 Å². The molecule has 2 aromatic rings. The smallest absolute Gasteiger partial charge is 0.191 e. The van der Waals surface area contributed by atoms with E-state index >= 15 is 0 Å². The molecule has 0 saturated carbocycles. The van der Waals surface area contributed by atoms with Crippen LogP contribution in [0.1, 0.15) is 18.1 Å². The van der Waals surface area contributed by atoms with E-state index in [1.54, 1.807) is 12.1 Å². The zero-order valence-electron chi connectivity index (χ0n) is 12.5. The highest BCUT2D eigenvalue weighted by atomic mass is 35.5. The van der Waals surface area contributed by atoms with Gasteiger partial charge in [-0.05, 0) is 42.3 Å². The lowest BCUT2D eigenvalue weighted by molar-refractivity contribution is 0.475. The largest absolute Gasteiger partial charge is 0.508 e. The molecule has 0 aliphatic rings. The van der Waals surface area contributed by atoms with Crippen molar-refractivity contribution in [1.29, 1.82) is 0 Å². The van der Waals surface area contributed by atoms with Crippen molar-refractivity contribution in [2.24, 2.45) is 4.99 Å². The van der Waals surface area contributed by atoms with E-state index in [0.29, 0.717) is 13.1 Å². The van der Waals surface area contributed by atoms with Crippen LogP contribution in [0.25, 0.3) is 0 Å². The van der Waals surface area contributed by atoms with E-state index in [2.05, 4.69) is 15.6 Å². The molecule has 4 nitrogen and oxygen atoms in total. The van der Waals surface area contributed by atoms with Gasteiger partial charge in [-0.15, -0.1) is 0 Å². The van der Waals surface area contributed by atoms with Gasteiger partial charge in [0.1, 0.15) is 5.75 Å². The van der Waals surface area contributed by atoms with E-state index in [4.69, 9.17) is 11.6 Å². The lowest BCUT2D eigenvalue weighted by atomic mass is 10.2. The summed E-state index contributed by atoms with van der Waals surface area (Å²) in [6.07, 6.45) is 0. The van der Waals surface area contributed by atoms with Crippen LogP contribution in [-0.4, -0.2) is 17.6 Å². The highest BCUT2D eigenvalue weighted by Gasteiger charge is 1.99. The van der Waals surface area contributed by atoms with Crippen LogP contribution in [-0.2, 0) is 13.1 Å². The maximum absolute atomic E-state index is 9.28. The molecule has 116 valence electrons. The molecule has 0 aliphatic carbocycles. The third kappa shape index (κ3) is 5.30. The van der Waals surface area contributed by atoms with Gasteiger partial charge in [0.15, 0.2) is 5.96 Å². The molecular weight excluding hydrogens is 298 g/mol. The van der Waals surface area contributed by atoms with Crippen molar-refractivity contribution in [2.75, 3.05) is 6.54 Å². The molecule has 0 bridgehead atoms. The lowest BCUT2D eigenvalue weighted by Crippen LogP contribution is -2.36. The second-order valence-electron chi connectivity index (χ2n) is 4.85. The summed E-state index contributed by atoms with van der Waals surface area (Å²) in [6.45, 7) is 4.02. The number of guanidine groups is 1. The zero-order valence-corrected chi connectivity index (χ0v) is 13.3. The van der Waals surface area contributed by atoms with Crippen LogP contribution in [0, 0.1) is 0 Å². The van der Waals surface area contributed by atoms with Gasteiger partial charge in [-0.1, -0.05) is 35.9 Å². The Hall–Kier alpha value is -2.20. The highest BCUT2D eigenvalue weighted by Crippen LogP contribution is 2.11. The van der Waals surface area contributed by atoms with Crippen LogP contribution in [0.4, 0.5) is 0 Å². The summed E-state index contributed by atoms with van der Waals surface area (Å²) in [5.74, 6) is 1.01. The summed E-state index contributed by atoms with van der Waals surface area (Å²) in [6, 6.07) is 14.8. The van der Waals surface area contributed by atoms with Gasteiger partial charge in [0, 0.05) is 18.1 Å². The molecule has 0 spiro atoms. The van der Waals surface area contributed by atoms with Gasteiger partial charge in [0.2, 0.25) is 0 Å². The monoisotopic (exact) mass is 317 g/mol. The first kappa shape index (κ1) is 16.2. The summed E-state index contributed by atoms with van der Waals surface area (Å²) in [4.78, 5) is 4.54. The van der Waals surface area contributed by atoms with Crippen molar-refractivity contribution in [3.8, 4) is 5.75 Å². The van der Waals surface area contributed by atoms with E-state index in [-0.39, 0.29) is 5.75 Å². The number of rotatable bonds is 5. The Labute approximate surface area is 135 Å². The molecule has 0 unspecified atom stereocenters. The van der Waals surface area contributed by atoms with E-state index in [9.17, 15) is 5.11 Å². The zero-order chi connectivity index (χ0) is 15.8. The number of aliphatic imine (C=N–C) groups is 1. The van der Waals surface area contributed by atoms with E-state index in [0.717, 1.165) is 28.7 Å². The minimum atomic E-state index is 0.269. The number of nitrogens with zero attached hydrogens (tertiary/aromatic N) is 1. The quantitative estimate of drug-likeness (QED) is 0.586. The number of nitrogens with one attached hydrogen (secondary N) is 2. The minimum Gasteiger partial charge on any atom is -0.508 e. The van der Waals surface area contributed by atoms with Crippen LogP contribution in [0.5, 0.6) is 5.75 Å². The third-order valence-corrected chi connectivity index (χ3v) is 3.28. The molecule has 2 aromatic carbocycles. The van der Waals surface area contributed by atoms with Gasteiger partial charge in [0.25, 0.3) is 0 Å². The molecule has 0 heterocycles. The first-order valence-electron chi connectivity index (χ1n) is 7.22. The summed E-state index contributed by atoms with van der Waals surface area (Å²) in [5.41, 5.74) is 2.14. The molecule has 3 N–H and O–H groups in total. The molecule has 0 fully saturated rings. The lowest BCUT2D eigenvalue weighted by Gasteiger charge is -2.11. The third-order valence-electron chi connectivity index (χ3n) is 3.05. The number of phenols is 1. The Balaban J connectivity index is 1.96. The first-order chi connectivity index (χ1) is 10.7. The Morgan fingerprint density at radius 3 is 2.55 bits per heavy atom. The van der Waals surface area contributed by atoms with Crippen molar-refractivity contribution in [1.82, 2.24) is 10.6 Å². The van der Waals surface area contributed by atoms with Crippen molar-refractivity contribution in [2.45, 2.75) is 20.0 Å². The normalized spacial score (nSPS) is 11.3. The van der Waals surface area contributed by atoms with E-state index in [1.165, 1.54) is 0 Å². The van der Waals surface area contributed by atoms with Crippen molar-refractivity contribution in [3.05, 3.63) is 64.7 Å². The van der Waals surface area contributed by atoms with Gasteiger partial charge in [0.05, 0.1) is 6.54 Å². The number of aromatic hydroxyl groups is 1. The van der Waals surface area contributed by atoms with Crippen molar-refractivity contribution in [3.63, 3.8) is 0 Å². The van der Waals surface area contributed by atoms with Gasteiger partial charge >= 0.3 is 0 Å². The molecule has 0 amide bonds. The maximum atomic E-state index is 9.28. The maximum Gasteiger partial charge on any atom is 0.191 e. The topological polar surface area (TPSA) is 56.7 Å². The van der Waals surface area contributed by atoms with Crippen LogP contribution in [0.3, 0.4) is 0 Å². The fraction of sp³-hybridized carbons (Fsp3) is 0.235. The summed E-state index contributed by atoms with van der Waals surface area (Å²) in [7, 11) is 0. The fourth-order valence-corrected chi connectivity index (χ4v) is 2.16. The Bertz CT molecular complexity index is 626. The second kappa shape index (κ2) is 8.29. The molecule has 0 aromatic heterocycles. The predicted molar refractivity (Wildman–Crippen MR) is 91.2 cm³/mol. The van der Waals surface area contributed by atoms with E-state index < -0.39 is 0 Å². The average molecular weight is 318 g/mol. The van der Waals surface area contributed by atoms with Crippen molar-refractivity contribution >= 4 is 17.6 Å². The average Bonchev–Trinajstić information content (AvgIpc) is 2.52. The Kier molecular flexibility index (Phi) is 6.10. The number of halogens is 1.